The van der Waals surface area contributed by atoms with Crippen molar-refractivity contribution in [1.82, 2.24) is 4.90 Å². The van der Waals surface area contributed by atoms with Gasteiger partial charge in [-0.05, 0) is 96.1 Å². The summed E-state index contributed by atoms with van der Waals surface area (Å²) in [7, 11) is 0. The molecule has 0 spiro atoms. The number of piperidine rings is 1. The van der Waals surface area contributed by atoms with E-state index in [1.165, 1.54) is 67.4 Å². The van der Waals surface area contributed by atoms with Gasteiger partial charge >= 0.3 is 0 Å². The Labute approximate surface area is 184 Å². The quantitative estimate of drug-likeness (QED) is 0.392. The number of benzene rings is 1. The van der Waals surface area contributed by atoms with Crippen LogP contribution >= 0.6 is 0 Å². The monoisotopic (exact) mass is 407 g/mol. The fraction of sp³-hybridized carbons (Fsp3) is 0.519. The van der Waals surface area contributed by atoms with Gasteiger partial charge in [-0.3, -0.25) is 4.90 Å². The summed E-state index contributed by atoms with van der Waals surface area (Å²) in [6.07, 6.45) is 11.2. The molecule has 3 heteroatoms. The van der Waals surface area contributed by atoms with Gasteiger partial charge in [-0.25, -0.2) is 0 Å². The molecule has 2 N–H and O–H groups in total. The molecular weight excluding hydrogens is 366 g/mol. The van der Waals surface area contributed by atoms with Crippen LogP contribution in [0.25, 0.3) is 0 Å². The second-order valence-corrected chi connectivity index (χ2v) is 8.80. The standard InChI is InChI=1S/C25H36N2.C2H5N/c1-18(2)22-12-14-23(15-13-22)25(27-16-7-6-8-17-27)21(5)26-24-19(3)10-9-11-20(24)4;1-2-3/h9-11,14,22,25-26H,1,5-8,12-13,15-17H2,2-4H3;2-3H,1H3. The Morgan fingerprint density at radius 3 is 2.27 bits per heavy atom. The molecule has 164 valence electrons. The summed E-state index contributed by atoms with van der Waals surface area (Å²) < 4.78 is 0. The number of para-hydroxylation sites is 1. The molecule has 1 aliphatic carbocycles. The lowest BCUT2D eigenvalue weighted by Gasteiger charge is -2.39. The molecule has 30 heavy (non-hydrogen) atoms. The van der Waals surface area contributed by atoms with Crippen LogP contribution in [0.1, 0.15) is 63.5 Å². The summed E-state index contributed by atoms with van der Waals surface area (Å²) in [5.41, 5.74) is 7.81. The first-order valence-corrected chi connectivity index (χ1v) is 11.4. The molecule has 1 fully saturated rings. The topological polar surface area (TPSA) is 39.1 Å². The van der Waals surface area contributed by atoms with E-state index in [1.807, 2.05) is 0 Å². The first-order valence-electron chi connectivity index (χ1n) is 11.4. The molecule has 0 saturated carbocycles. The number of nitrogens with zero attached hydrogens (tertiary/aromatic N) is 1. The zero-order valence-corrected chi connectivity index (χ0v) is 19.6. The Kier molecular flexibility index (Phi) is 9.58. The molecule has 2 aliphatic rings. The molecule has 1 aliphatic heterocycles. The highest BCUT2D eigenvalue weighted by Gasteiger charge is 2.29. The van der Waals surface area contributed by atoms with Crippen molar-refractivity contribution < 1.29 is 0 Å². The molecular formula is C27H41N3. The van der Waals surface area contributed by atoms with E-state index in [2.05, 4.69) is 68.4 Å². The lowest BCUT2D eigenvalue weighted by molar-refractivity contribution is 0.199. The minimum atomic E-state index is 0.315. The smallest absolute Gasteiger partial charge is 0.0707 e. The number of aryl methyl sites for hydroxylation is 2. The maximum Gasteiger partial charge on any atom is 0.0707 e. The number of anilines is 1. The van der Waals surface area contributed by atoms with Gasteiger partial charge in [0.05, 0.1) is 6.04 Å². The Balaban J connectivity index is 0.00000101. The molecule has 0 radical (unpaired) electrons. The van der Waals surface area contributed by atoms with Gasteiger partial charge in [0, 0.05) is 11.4 Å². The highest BCUT2D eigenvalue weighted by atomic mass is 15.2. The molecule has 0 amide bonds. The average Bonchev–Trinajstić information content (AvgIpc) is 2.73. The Morgan fingerprint density at radius 2 is 1.77 bits per heavy atom. The van der Waals surface area contributed by atoms with E-state index in [9.17, 15) is 0 Å². The van der Waals surface area contributed by atoms with Crippen LogP contribution in [-0.4, -0.2) is 30.2 Å². The van der Waals surface area contributed by atoms with Crippen molar-refractivity contribution in [3.05, 3.63) is 65.4 Å². The Morgan fingerprint density at radius 1 is 1.17 bits per heavy atom. The van der Waals surface area contributed by atoms with Gasteiger partial charge in [0.2, 0.25) is 0 Å². The van der Waals surface area contributed by atoms with Crippen LogP contribution in [0.5, 0.6) is 0 Å². The fourth-order valence-electron chi connectivity index (χ4n) is 4.65. The van der Waals surface area contributed by atoms with Crippen molar-refractivity contribution in [2.45, 2.75) is 72.3 Å². The molecule has 1 heterocycles. The number of nitrogens with one attached hydrogen (secondary N) is 2. The van der Waals surface area contributed by atoms with Crippen LogP contribution in [0, 0.1) is 25.2 Å². The molecule has 3 rings (SSSR count). The Hall–Kier alpha value is -2.13. The lowest BCUT2D eigenvalue weighted by atomic mass is 9.82. The molecule has 0 aromatic heterocycles. The van der Waals surface area contributed by atoms with Crippen LogP contribution in [0.15, 0.2) is 54.3 Å². The summed E-state index contributed by atoms with van der Waals surface area (Å²) in [6, 6.07) is 6.80. The van der Waals surface area contributed by atoms with E-state index in [0.717, 1.165) is 18.5 Å². The summed E-state index contributed by atoms with van der Waals surface area (Å²) in [5, 5.41) is 9.80. The minimum Gasteiger partial charge on any atom is -0.357 e. The van der Waals surface area contributed by atoms with Crippen LogP contribution in [0.2, 0.25) is 0 Å². The second-order valence-electron chi connectivity index (χ2n) is 8.80. The first kappa shape index (κ1) is 24.1. The van der Waals surface area contributed by atoms with Crippen molar-refractivity contribution in [3.63, 3.8) is 0 Å². The van der Waals surface area contributed by atoms with Crippen LogP contribution in [-0.2, 0) is 0 Å². The van der Waals surface area contributed by atoms with Crippen LogP contribution < -0.4 is 5.32 Å². The highest BCUT2D eigenvalue weighted by molar-refractivity contribution is 5.60. The largest absolute Gasteiger partial charge is 0.357 e. The van der Waals surface area contributed by atoms with Gasteiger partial charge in [-0.15, -0.1) is 0 Å². The zero-order chi connectivity index (χ0) is 22.1. The molecule has 0 bridgehead atoms. The third-order valence-electron chi connectivity index (χ3n) is 6.35. The summed E-state index contributed by atoms with van der Waals surface area (Å²) in [6.45, 7) is 19.3. The molecule has 3 nitrogen and oxygen atoms in total. The maximum atomic E-state index is 6.08. The second kappa shape index (κ2) is 11.9. The van der Waals surface area contributed by atoms with Gasteiger partial charge in [0.25, 0.3) is 0 Å². The molecule has 1 aromatic rings. The van der Waals surface area contributed by atoms with Crippen molar-refractivity contribution in [3.8, 4) is 0 Å². The number of rotatable bonds is 6. The summed E-state index contributed by atoms with van der Waals surface area (Å²) in [5.74, 6) is 0.649. The van der Waals surface area contributed by atoms with E-state index in [4.69, 9.17) is 5.41 Å². The third-order valence-corrected chi connectivity index (χ3v) is 6.35. The predicted molar refractivity (Wildman–Crippen MR) is 133 cm³/mol. The molecule has 2 unspecified atom stereocenters. The number of hydrogen-bond donors (Lipinski definition) is 2. The van der Waals surface area contributed by atoms with E-state index < -0.39 is 0 Å². The number of hydrogen-bond acceptors (Lipinski definition) is 3. The molecule has 1 aromatic carbocycles. The average molecular weight is 408 g/mol. The Bertz CT molecular complexity index is 748. The van der Waals surface area contributed by atoms with Crippen molar-refractivity contribution in [1.29, 1.82) is 5.41 Å². The fourth-order valence-corrected chi connectivity index (χ4v) is 4.65. The maximum absolute atomic E-state index is 6.08. The summed E-state index contributed by atoms with van der Waals surface area (Å²) >= 11 is 0. The van der Waals surface area contributed by atoms with E-state index in [1.54, 1.807) is 12.5 Å². The third kappa shape index (κ3) is 6.43. The van der Waals surface area contributed by atoms with Crippen molar-refractivity contribution in [2.75, 3.05) is 18.4 Å². The highest BCUT2D eigenvalue weighted by Crippen LogP contribution is 2.35. The van der Waals surface area contributed by atoms with Gasteiger partial charge in [-0.2, -0.15) is 0 Å². The summed E-state index contributed by atoms with van der Waals surface area (Å²) in [4.78, 5) is 2.65. The van der Waals surface area contributed by atoms with Gasteiger partial charge < -0.3 is 10.7 Å². The van der Waals surface area contributed by atoms with Gasteiger partial charge in [0.15, 0.2) is 0 Å². The van der Waals surface area contributed by atoms with Crippen LogP contribution in [0.3, 0.4) is 0 Å². The first-order chi connectivity index (χ1) is 14.4. The lowest BCUT2D eigenvalue weighted by Crippen LogP contribution is -2.43. The predicted octanol–water partition coefficient (Wildman–Crippen LogP) is 7.04. The van der Waals surface area contributed by atoms with E-state index >= 15 is 0 Å². The normalized spacial score (nSPS) is 20.3. The van der Waals surface area contributed by atoms with Gasteiger partial charge in [0.1, 0.15) is 0 Å². The van der Waals surface area contributed by atoms with Crippen LogP contribution in [0.4, 0.5) is 5.69 Å². The van der Waals surface area contributed by atoms with Gasteiger partial charge in [-0.1, -0.05) is 55.0 Å². The van der Waals surface area contributed by atoms with E-state index in [-0.39, 0.29) is 0 Å². The number of allylic oxidation sites excluding steroid dienone is 2. The molecule has 2 atom stereocenters. The zero-order valence-electron chi connectivity index (χ0n) is 19.6. The van der Waals surface area contributed by atoms with Crippen molar-refractivity contribution >= 4 is 11.9 Å². The minimum absolute atomic E-state index is 0.315. The van der Waals surface area contributed by atoms with Crippen molar-refractivity contribution in [2.24, 2.45) is 5.92 Å². The molecule has 1 saturated heterocycles. The SMILES string of the molecule is C=C(C)C1CC=C(C(C(=C)Nc2c(C)cccc2C)N2CCCCC2)CC1.CC=N. The van der Waals surface area contributed by atoms with E-state index in [0.29, 0.717) is 12.0 Å². The number of likely N-dealkylation sites (tertiary alicyclic amines) is 1.